The molecule has 2 aromatic rings. The van der Waals surface area contributed by atoms with Crippen LogP contribution in [0, 0.1) is 5.82 Å². The van der Waals surface area contributed by atoms with Crippen LogP contribution in [0.15, 0.2) is 28.6 Å². The molecule has 0 spiro atoms. The van der Waals surface area contributed by atoms with Crippen molar-refractivity contribution >= 4 is 57.0 Å². The van der Waals surface area contributed by atoms with E-state index < -0.39 is 22.3 Å². The summed E-state index contributed by atoms with van der Waals surface area (Å²) < 4.78 is 13.5. The standard InChI is InChI=1S/C14H11FN4O3S3/c15-8-3-1-7(2-4-8)6-23-14-19-18-12(25-14)16-10(20)5-9-11(21)17-13(22)24-9/h1-4,9H,5-6H2,(H,16,18,20)(H,17,21,22). The molecule has 1 aliphatic rings. The van der Waals surface area contributed by atoms with E-state index in [0.717, 1.165) is 17.3 Å². The van der Waals surface area contributed by atoms with Crippen LogP contribution in [0.5, 0.6) is 0 Å². The molecule has 2 N–H and O–H groups in total. The zero-order chi connectivity index (χ0) is 17.8. The minimum absolute atomic E-state index is 0.111. The lowest BCUT2D eigenvalue weighted by molar-refractivity contribution is -0.122. The maximum Gasteiger partial charge on any atom is 0.286 e. The molecular weight excluding hydrogens is 387 g/mol. The van der Waals surface area contributed by atoms with Crippen molar-refractivity contribution in [3.8, 4) is 0 Å². The van der Waals surface area contributed by atoms with E-state index in [-0.39, 0.29) is 12.2 Å². The molecule has 0 radical (unpaired) electrons. The van der Waals surface area contributed by atoms with E-state index in [1.165, 1.54) is 35.2 Å². The predicted octanol–water partition coefficient (Wildman–Crippen LogP) is 2.65. The molecule has 130 valence electrons. The molecule has 25 heavy (non-hydrogen) atoms. The van der Waals surface area contributed by atoms with Crippen molar-refractivity contribution in [2.45, 2.75) is 21.8 Å². The maximum atomic E-state index is 12.9. The summed E-state index contributed by atoms with van der Waals surface area (Å²) in [6, 6.07) is 6.17. The molecule has 3 amide bonds. The third-order valence-electron chi connectivity index (χ3n) is 3.07. The predicted molar refractivity (Wildman–Crippen MR) is 94.0 cm³/mol. The molecule has 1 aromatic carbocycles. The summed E-state index contributed by atoms with van der Waals surface area (Å²) in [6.07, 6.45) is -0.111. The molecule has 2 heterocycles. The SMILES string of the molecule is O=C(CC1SC(=O)NC1=O)Nc1nnc(SCc2ccc(F)cc2)s1. The molecule has 1 fully saturated rings. The number of benzene rings is 1. The molecule has 0 aliphatic carbocycles. The van der Waals surface area contributed by atoms with Crippen molar-refractivity contribution in [3.63, 3.8) is 0 Å². The summed E-state index contributed by atoms with van der Waals surface area (Å²) >= 11 is 3.42. The number of nitrogens with one attached hydrogen (secondary N) is 2. The fourth-order valence-corrected chi connectivity index (χ4v) is 4.45. The van der Waals surface area contributed by atoms with Gasteiger partial charge in [-0.25, -0.2) is 4.39 Å². The van der Waals surface area contributed by atoms with Crippen LogP contribution < -0.4 is 10.6 Å². The number of thioether (sulfide) groups is 2. The van der Waals surface area contributed by atoms with Crippen molar-refractivity contribution in [2.75, 3.05) is 5.32 Å². The number of anilines is 1. The van der Waals surface area contributed by atoms with E-state index in [4.69, 9.17) is 0 Å². The lowest BCUT2D eigenvalue weighted by atomic mass is 10.2. The van der Waals surface area contributed by atoms with Gasteiger partial charge >= 0.3 is 0 Å². The summed E-state index contributed by atoms with van der Waals surface area (Å²) in [7, 11) is 0. The smallest absolute Gasteiger partial charge is 0.286 e. The Bertz CT molecular complexity index is 812. The van der Waals surface area contributed by atoms with Crippen LogP contribution in [0.4, 0.5) is 14.3 Å². The van der Waals surface area contributed by atoms with Gasteiger partial charge in [-0.05, 0) is 17.7 Å². The van der Waals surface area contributed by atoms with Crippen molar-refractivity contribution in [2.24, 2.45) is 0 Å². The minimum atomic E-state index is -0.715. The number of imide groups is 1. The lowest BCUT2D eigenvalue weighted by Crippen LogP contribution is -2.27. The number of amides is 3. The lowest BCUT2D eigenvalue weighted by Gasteiger charge is -2.03. The summed E-state index contributed by atoms with van der Waals surface area (Å²) in [4.78, 5) is 34.4. The van der Waals surface area contributed by atoms with Crippen molar-refractivity contribution in [1.82, 2.24) is 15.5 Å². The summed E-state index contributed by atoms with van der Waals surface area (Å²) in [5.41, 5.74) is 0.945. The number of aromatic nitrogens is 2. The zero-order valence-electron chi connectivity index (χ0n) is 12.5. The molecule has 3 rings (SSSR count). The number of hydrogen-bond donors (Lipinski definition) is 2. The summed E-state index contributed by atoms with van der Waals surface area (Å²) in [5.74, 6) is -0.554. The average molecular weight is 398 g/mol. The first-order chi connectivity index (χ1) is 12.0. The summed E-state index contributed by atoms with van der Waals surface area (Å²) in [5, 5.41) is 11.7. The Hall–Kier alpha value is -1.98. The zero-order valence-corrected chi connectivity index (χ0v) is 15.0. The molecule has 1 aliphatic heterocycles. The number of nitrogens with zero attached hydrogens (tertiary/aromatic N) is 2. The van der Waals surface area contributed by atoms with Crippen LogP contribution in [0.2, 0.25) is 0 Å². The fourth-order valence-electron chi connectivity index (χ4n) is 1.91. The molecule has 0 bridgehead atoms. The van der Waals surface area contributed by atoms with Crippen LogP contribution in [0.1, 0.15) is 12.0 Å². The largest absolute Gasteiger partial charge is 0.300 e. The van der Waals surface area contributed by atoms with Gasteiger partial charge in [-0.3, -0.25) is 19.7 Å². The molecule has 0 saturated carbocycles. The quantitative estimate of drug-likeness (QED) is 0.570. The van der Waals surface area contributed by atoms with E-state index in [2.05, 4.69) is 20.8 Å². The van der Waals surface area contributed by atoms with Gasteiger partial charge in [0.2, 0.25) is 16.9 Å². The highest BCUT2D eigenvalue weighted by atomic mass is 32.2. The topological polar surface area (TPSA) is 101 Å². The van der Waals surface area contributed by atoms with Crippen LogP contribution in [-0.4, -0.2) is 32.5 Å². The summed E-state index contributed by atoms with van der Waals surface area (Å²) in [6.45, 7) is 0. The van der Waals surface area contributed by atoms with Gasteiger partial charge in [0.1, 0.15) is 11.1 Å². The monoisotopic (exact) mass is 398 g/mol. The van der Waals surface area contributed by atoms with Gasteiger partial charge in [-0.2, -0.15) is 0 Å². The van der Waals surface area contributed by atoms with Crippen LogP contribution in [-0.2, 0) is 15.3 Å². The molecule has 7 nitrogen and oxygen atoms in total. The van der Waals surface area contributed by atoms with Gasteiger partial charge in [0, 0.05) is 12.2 Å². The van der Waals surface area contributed by atoms with Crippen molar-refractivity contribution in [3.05, 3.63) is 35.6 Å². The van der Waals surface area contributed by atoms with E-state index in [1.54, 1.807) is 12.1 Å². The number of hydrogen-bond acceptors (Lipinski definition) is 8. The van der Waals surface area contributed by atoms with Crippen molar-refractivity contribution in [1.29, 1.82) is 0 Å². The maximum absolute atomic E-state index is 12.9. The number of rotatable bonds is 6. The third kappa shape index (κ3) is 5.00. The normalized spacial score (nSPS) is 16.8. The van der Waals surface area contributed by atoms with E-state index >= 15 is 0 Å². The first-order valence-electron chi connectivity index (χ1n) is 7.01. The molecule has 1 saturated heterocycles. The Balaban J connectivity index is 1.49. The Kier molecular flexibility index (Phi) is 5.66. The van der Waals surface area contributed by atoms with Gasteiger partial charge in [-0.15, -0.1) is 10.2 Å². The third-order valence-corrected chi connectivity index (χ3v) is 6.09. The number of carbonyl (C=O) groups excluding carboxylic acids is 3. The Morgan fingerprint density at radius 3 is 2.72 bits per heavy atom. The van der Waals surface area contributed by atoms with E-state index in [0.29, 0.717) is 15.2 Å². The van der Waals surface area contributed by atoms with Crippen molar-refractivity contribution < 1.29 is 18.8 Å². The fraction of sp³-hybridized carbons (Fsp3) is 0.214. The number of carbonyl (C=O) groups is 3. The van der Waals surface area contributed by atoms with Gasteiger partial charge in [-0.1, -0.05) is 47.0 Å². The average Bonchev–Trinajstić information content (AvgIpc) is 3.13. The molecule has 1 aromatic heterocycles. The van der Waals surface area contributed by atoms with Gasteiger partial charge in [0.05, 0.1) is 0 Å². The Labute approximate surface area is 154 Å². The Morgan fingerprint density at radius 1 is 1.28 bits per heavy atom. The highest BCUT2D eigenvalue weighted by Crippen LogP contribution is 2.29. The second-order valence-corrected chi connectivity index (χ2v) is 8.30. The molecule has 1 atom stereocenters. The first kappa shape index (κ1) is 17.8. The number of halogens is 1. The van der Waals surface area contributed by atoms with Gasteiger partial charge in [0.25, 0.3) is 5.24 Å². The van der Waals surface area contributed by atoms with Crippen LogP contribution >= 0.6 is 34.9 Å². The molecule has 11 heteroatoms. The van der Waals surface area contributed by atoms with E-state index in [1.807, 2.05) is 0 Å². The second-order valence-electron chi connectivity index (χ2n) is 4.92. The highest BCUT2D eigenvalue weighted by molar-refractivity contribution is 8.15. The van der Waals surface area contributed by atoms with Crippen LogP contribution in [0.25, 0.3) is 0 Å². The minimum Gasteiger partial charge on any atom is -0.300 e. The van der Waals surface area contributed by atoms with Gasteiger partial charge in [0.15, 0.2) is 4.34 Å². The van der Waals surface area contributed by atoms with E-state index in [9.17, 15) is 18.8 Å². The highest BCUT2D eigenvalue weighted by Gasteiger charge is 2.33. The second kappa shape index (κ2) is 7.93. The first-order valence-corrected chi connectivity index (χ1v) is 9.70. The van der Waals surface area contributed by atoms with Crippen LogP contribution in [0.3, 0.4) is 0 Å². The molecule has 1 unspecified atom stereocenters. The Morgan fingerprint density at radius 2 is 2.04 bits per heavy atom. The molecular formula is C14H11FN4O3S3. The van der Waals surface area contributed by atoms with Gasteiger partial charge < -0.3 is 5.32 Å².